The van der Waals surface area contributed by atoms with Crippen LogP contribution >= 0.6 is 11.3 Å². The predicted molar refractivity (Wildman–Crippen MR) is 192 cm³/mol. The monoisotopic (exact) mass is 705 g/mol. The second kappa shape index (κ2) is 17.3. The lowest BCUT2D eigenvalue weighted by atomic mass is 9.93. The van der Waals surface area contributed by atoms with Crippen LogP contribution in [-0.2, 0) is 48.0 Å². The van der Waals surface area contributed by atoms with E-state index in [9.17, 15) is 33.9 Å². The Balaban J connectivity index is 1.52. The highest BCUT2D eigenvalue weighted by Gasteiger charge is 2.32. The minimum atomic E-state index is -1.49. The highest BCUT2D eigenvalue weighted by Crippen LogP contribution is 2.19. The molecule has 51 heavy (non-hydrogen) atoms. The van der Waals surface area contributed by atoms with Crippen molar-refractivity contribution >= 4 is 65.8 Å². The predicted octanol–water partition coefficient (Wildman–Crippen LogP) is 1.70. The molecule has 260 valence electrons. The quantitative estimate of drug-likeness (QED) is 0.125. The van der Waals surface area contributed by atoms with Gasteiger partial charge in [-0.3, -0.25) is 24.0 Å². The van der Waals surface area contributed by atoms with Crippen molar-refractivity contribution < 1.29 is 33.9 Å². The number of hydrogen-bond acceptors (Lipinski definition) is 7. The third-order valence-corrected chi connectivity index (χ3v) is 9.14. The molecule has 2 radical (unpaired) electrons. The Morgan fingerprint density at radius 1 is 0.647 bits per heavy atom. The van der Waals surface area contributed by atoms with E-state index in [-0.39, 0.29) is 37.7 Å². The molecule has 0 saturated carbocycles. The zero-order valence-corrected chi connectivity index (χ0v) is 28.3. The molecule has 12 nitrogen and oxygen atoms in total. The summed E-state index contributed by atoms with van der Waals surface area (Å²) < 4.78 is 0. The average molecular weight is 706 g/mol. The van der Waals surface area contributed by atoms with Gasteiger partial charge in [0, 0.05) is 42.7 Å². The van der Waals surface area contributed by atoms with Gasteiger partial charge in [0.1, 0.15) is 26.0 Å². The standard InChI is InChI=1S/C37H36BN5O7S/c38-25-12-8-23(9-13-25)20-28-34(46)42-29(19-22-5-2-1-3-6-22)36(48)43-33(37(49)50)24-10-14-26(15-11-24)39-31(44)16-17-32(45)40-30(35(47)41-28)21-27-7-4-18-51-27/h1-15,18,28-30,33H,16-17,19-21H2,(H,39,44)(H,40,45)(H,41,47)(H,42,46)(H,43,48)(H,49,50)/t28-,29+,30+,33?/m0/s1. The van der Waals surface area contributed by atoms with Crippen molar-refractivity contribution in [1.29, 1.82) is 0 Å². The van der Waals surface area contributed by atoms with Crippen LogP contribution in [0.3, 0.4) is 0 Å². The van der Waals surface area contributed by atoms with Crippen LogP contribution in [0.15, 0.2) is 96.4 Å². The summed E-state index contributed by atoms with van der Waals surface area (Å²) in [6, 6.07) is 20.0. The van der Waals surface area contributed by atoms with Crippen LogP contribution in [0.5, 0.6) is 0 Å². The van der Waals surface area contributed by atoms with Crippen molar-refractivity contribution in [2.24, 2.45) is 0 Å². The maximum absolute atomic E-state index is 14.1. The van der Waals surface area contributed by atoms with Gasteiger partial charge in [0.05, 0.1) is 0 Å². The van der Waals surface area contributed by atoms with E-state index in [1.165, 1.54) is 35.6 Å². The van der Waals surface area contributed by atoms with Crippen molar-refractivity contribution in [2.45, 2.75) is 56.3 Å². The smallest absolute Gasteiger partial charge is 0.330 e. The Kier molecular flexibility index (Phi) is 12.4. The molecule has 0 spiro atoms. The van der Waals surface area contributed by atoms with Crippen LogP contribution in [0.4, 0.5) is 5.69 Å². The van der Waals surface area contributed by atoms with Crippen molar-refractivity contribution in [1.82, 2.24) is 21.3 Å². The fourth-order valence-corrected chi connectivity index (χ4v) is 6.30. The summed E-state index contributed by atoms with van der Waals surface area (Å²) in [7, 11) is 5.87. The molecule has 0 fully saturated rings. The normalized spacial score (nSPS) is 20.7. The summed E-state index contributed by atoms with van der Waals surface area (Å²) in [4.78, 5) is 80.8. The maximum Gasteiger partial charge on any atom is 0.330 e. The van der Waals surface area contributed by atoms with E-state index in [2.05, 4.69) is 26.6 Å². The molecular formula is C37H36BN5O7S. The molecule has 0 saturated heterocycles. The highest BCUT2D eigenvalue weighted by molar-refractivity contribution is 7.09. The highest BCUT2D eigenvalue weighted by atomic mass is 32.1. The summed E-state index contributed by atoms with van der Waals surface area (Å²) in [5.74, 6) is -4.50. The number of nitrogens with one attached hydrogen (secondary N) is 5. The van der Waals surface area contributed by atoms with E-state index in [1.807, 2.05) is 17.5 Å². The molecule has 6 N–H and O–H groups in total. The molecule has 2 bridgehead atoms. The summed E-state index contributed by atoms with van der Waals surface area (Å²) in [6.45, 7) is 0. The van der Waals surface area contributed by atoms with Crippen LogP contribution in [0, 0.1) is 0 Å². The molecule has 3 heterocycles. The first-order valence-electron chi connectivity index (χ1n) is 16.3. The van der Waals surface area contributed by atoms with Gasteiger partial charge in [-0.1, -0.05) is 78.3 Å². The molecule has 0 aliphatic carbocycles. The van der Waals surface area contributed by atoms with Gasteiger partial charge in [-0.25, -0.2) is 4.79 Å². The second-order valence-electron chi connectivity index (χ2n) is 12.1. The summed E-state index contributed by atoms with van der Waals surface area (Å²) in [5, 5.41) is 25.4. The maximum atomic E-state index is 14.1. The lowest BCUT2D eigenvalue weighted by molar-refractivity contribution is -0.142. The number of carboxylic acids is 1. The molecule has 5 amide bonds. The Hall–Kier alpha value is -5.76. The Labute approximate surface area is 299 Å². The summed E-state index contributed by atoms with van der Waals surface area (Å²) in [5.41, 5.74) is 2.42. The third kappa shape index (κ3) is 10.6. The van der Waals surface area contributed by atoms with Crippen molar-refractivity contribution in [3.63, 3.8) is 0 Å². The first-order chi connectivity index (χ1) is 24.5. The fourth-order valence-electron chi connectivity index (χ4n) is 5.55. The third-order valence-electron chi connectivity index (χ3n) is 8.25. The van der Waals surface area contributed by atoms with Crippen LogP contribution < -0.4 is 32.0 Å². The van der Waals surface area contributed by atoms with E-state index < -0.39 is 59.7 Å². The first kappa shape index (κ1) is 36.5. The molecule has 2 aliphatic rings. The molecule has 3 aromatic carbocycles. The van der Waals surface area contributed by atoms with Gasteiger partial charge in [0.25, 0.3) is 0 Å². The second-order valence-corrected chi connectivity index (χ2v) is 13.1. The lowest BCUT2D eigenvalue weighted by Crippen LogP contribution is -2.58. The number of aliphatic carboxylic acids is 1. The van der Waals surface area contributed by atoms with Gasteiger partial charge >= 0.3 is 5.97 Å². The Bertz CT molecular complexity index is 1850. The Morgan fingerprint density at radius 3 is 1.80 bits per heavy atom. The molecule has 14 heteroatoms. The number of carbonyl (C=O) groups excluding carboxylic acids is 5. The zero-order valence-electron chi connectivity index (χ0n) is 27.5. The summed E-state index contributed by atoms with van der Waals surface area (Å²) >= 11 is 1.39. The number of hydrogen-bond donors (Lipinski definition) is 6. The number of amides is 5. The van der Waals surface area contributed by atoms with E-state index in [1.54, 1.807) is 54.6 Å². The van der Waals surface area contributed by atoms with Gasteiger partial charge in [0.15, 0.2) is 6.04 Å². The minimum Gasteiger partial charge on any atom is -0.479 e. The molecule has 6 rings (SSSR count). The van der Waals surface area contributed by atoms with Gasteiger partial charge < -0.3 is 31.7 Å². The van der Waals surface area contributed by atoms with Crippen LogP contribution in [-0.4, -0.2) is 66.6 Å². The number of carbonyl (C=O) groups is 6. The van der Waals surface area contributed by atoms with Gasteiger partial charge in [0.2, 0.25) is 29.5 Å². The van der Waals surface area contributed by atoms with Gasteiger partial charge in [-0.2, -0.15) is 0 Å². The number of thiophene rings is 1. The number of carboxylic acid groups (broad SMARTS) is 1. The van der Waals surface area contributed by atoms with E-state index in [0.717, 1.165) is 4.88 Å². The van der Waals surface area contributed by atoms with Crippen LogP contribution in [0.2, 0.25) is 0 Å². The molecule has 1 aromatic heterocycles. The fraction of sp³-hybridized carbons (Fsp3) is 0.243. The molecule has 4 aromatic rings. The molecule has 2 aliphatic heterocycles. The topological polar surface area (TPSA) is 183 Å². The van der Waals surface area contributed by atoms with Crippen molar-refractivity contribution in [3.05, 3.63) is 118 Å². The first-order valence-corrected chi connectivity index (χ1v) is 17.2. The van der Waals surface area contributed by atoms with E-state index in [0.29, 0.717) is 22.3 Å². The number of rotatable bonds is 7. The minimum absolute atomic E-state index is 0.00146. The van der Waals surface area contributed by atoms with Gasteiger partial charge in [-0.15, -0.1) is 11.3 Å². The molecule has 4 atom stereocenters. The average Bonchev–Trinajstić information content (AvgIpc) is 3.63. The largest absolute Gasteiger partial charge is 0.479 e. The van der Waals surface area contributed by atoms with Gasteiger partial charge in [-0.05, 0) is 40.3 Å². The lowest BCUT2D eigenvalue weighted by Gasteiger charge is -2.26. The number of benzene rings is 3. The molecular weight excluding hydrogens is 669 g/mol. The zero-order chi connectivity index (χ0) is 36.3. The van der Waals surface area contributed by atoms with E-state index >= 15 is 0 Å². The van der Waals surface area contributed by atoms with Crippen molar-refractivity contribution in [2.75, 3.05) is 5.32 Å². The SMILES string of the molecule is [B]c1ccc(C[C@@H]2NC(=O)[C@@H](Cc3cccs3)NC(=O)CCC(=O)Nc3ccc(cc3)C(C(=O)O)NC(=O)[C@@H](Cc3ccccc3)NC2=O)cc1. The van der Waals surface area contributed by atoms with Crippen molar-refractivity contribution in [3.8, 4) is 0 Å². The number of anilines is 1. The number of fused-ring (bicyclic) bond motifs is 17. The van der Waals surface area contributed by atoms with E-state index in [4.69, 9.17) is 7.85 Å². The molecule has 1 unspecified atom stereocenters. The van der Waals surface area contributed by atoms with Crippen LogP contribution in [0.1, 0.15) is 40.5 Å². The summed E-state index contributed by atoms with van der Waals surface area (Å²) in [6.07, 6.45) is -0.280. The Morgan fingerprint density at radius 2 is 1.22 bits per heavy atom. The van der Waals surface area contributed by atoms with Crippen LogP contribution in [0.25, 0.3) is 0 Å².